The van der Waals surface area contributed by atoms with Crippen molar-refractivity contribution in [2.45, 2.75) is 34.2 Å². The van der Waals surface area contributed by atoms with E-state index in [9.17, 15) is 9.18 Å². The average Bonchev–Trinajstić information content (AvgIpc) is 3.12. The van der Waals surface area contributed by atoms with Crippen LogP contribution < -0.4 is 5.32 Å². The molecule has 30 heavy (non-hydrogen) atoms. The minimum absolute atomic E-state index is 0.252. The SMILES string of the molecule is Cc1cc(C(=O)Nc2c(C)nn(Cc3ccccc3F)c2C)c2c(C)nn(C)c2n1. The highest BCUT2D eigenvalue weighted by Crippen LogP contribution is 2.25. The van der Waals surface area contributed by atoms with E-state index in [-0.39, 0.29) is 18.3 Å². The predicted molar refractivity (Wildman–Crippen MR) is 113 cm³/mol. The average molecular weight is 406 g/mol. The molecule has 0 spiro atoms. The number of pyridine rings is 1. The fourth-order valence-electron chi connectivity index (χ4n) is 3.75. The number of benzene rings is 1. The van der Waals surface area contributed by atoms with E-state index in [2.05, 4.69) is 20.5 Å². The number of fused-ring (bicyclic) bond motifs is 1. The lowest BCUT2D eigenvalue weighted by Gasteiger charge is -2.09. The molecule has 0 saturated heterocycles. The Balaban J connectivity index is 1.69. The highest BCUT2D eigenvalue weighted by molar-refractivity contribution is 6.13. The van der Waals surface area contributed by atoms with Crippen LogP contribution in [-0.4, -0.2) is 30.5 Å². The molecular formula is C22H23FN6O. The number of rotatable bonds is 4. The van der Waals surface area contributed by atoms with Crippen molar-refractivity contribution >= 4 is 22.6 Å². The molecule has 0 aliphatic heterocycles. The first-order valence-corrected chi connectivity index (χ1v) is 9.66. The molecule has 0 radical (unpaired) electrons. The Morgan fingerprint density at radius 2 is 1.83 bits per heavy atom. The van der Waals surface area contributed by atoms with Gasteiger partial charge in [0.1, 0.15) is 5.82 Å². The van der Waals surface area contributed by atoms with Gasteiger partial charge in [-0.3, -0.25) is 14.2 Å². The van der Waals surface area contributed by atoms with Crippen LogP contribution in [-0.2, 0) is 13.6 Å². The van der Waals surface area contributed by atoms with Crippen molar-refractivity contribution < 1.29 is 9.18 Å². The molecule has 0 saturated carbocycles. The summed E-state index contributed by atoms with van der Waals surface area (Å²) in [5.41, 5.74) is 5.26. The lowest BCUT2D eigenvalue weighted by atomic mass is 10.1. The van der Waals surface area contributed by atoms with E-state index in [1.165, 1.54) is 6.07 Å². The maximum absolute atomic E-state index is 14.0. The largest absolute Gasteiger partial charge is 0.319 e. The van der Waals surface area contributed by atoms with E-state index in [0.29, 0.717) is 28.2 Å². The first kappa shape index (κ1) is 19.8. The zero-order valence-corrected chi connectivity index (χ0v) is 17.6. The van der Waals surface area contributed by atoms with Gasteiger partial charge >= 0.3 is 0 Å². The molecule has 8 heteroatoms. The van der Waals surface area contributed by atoms with Gasteiger partial charge in [-0.05, 0) is 39.8 Å². The second-order valence-electron chi connectivity index (χ2n) is 7.47. The minimum Gasteiger partial charge on any atom is -0.319 e. The summed E-state index contributed by atoms with van der Waals surface area (Å²) >= 11 is 0. The van der Waals surface area contributed by atoms with Crippen molar-refractivity contribution in [2.24, 2.45) is 7.05 Å². The first-order chi connectivity index (χ1) is 14.3. The number of nitrogens with zero attached hydrogens (tertiary/aromatic N) is 5. The third-order valence-corrected chi connectivity index (χ3v) is 5.24. The van der Waals surface area contributed by atoms with Crippen LogP contribution in [0.2, 0.25) is 0 Å². The topological polar surface area (TPSA) is 77.6 Å². The van der Waals surface area contributed by atoms with Crippen LogP contribution in [0.25, 0.3) is 11.0 Å². The normalized spacial score (nSPS) is 11.3. The van der Waals surface area contributed by atoms with Crippen LogP contribution in [0.5, 0.6) is 0 Å². The molecule has 0 atom stereocenters. The van der Waals surface area contributed by atoms with Gasteiger partial charge in [-0.1, -0.05) is 18.2 Å². The molecule has 1 amide bonds. The molecule has 0 bridgehead atoms. The van der Waals surface area contributed by atoms with Crippen molar-refractivity contribution in [1.29, 1.82) is 0 Å². The van der Waals surface area contributed by atoms with Gasteiger partial charge in [-0.2, -0.15) is 10.2 Å². The van der Waals surface area contributed by atoms with Gasteiger partial charge in [-0.15, -0.1) is 0 Å². The maximum Gasteiger partial charge on any atom is 0.256 e. The first-order valence-electron chi connectivity index (χ1n) is 9.66. The summed E-state index contributed by atoms with van der Waals surface area (Å²) in [4.78, 5) is 17.7. The molecule has 3 aromatic heterocycles. The Morgan fingerprint density at radius 1 is 1.10 bits per heavy atom. The number of carbonyl (C=O) groups is 1. The monoisotopic (exact) mass is 406 g/mol. The Hall–Kier alpha value is -3.55. The van der Waals surface area contributed by atoms with Crippen LogP contribution in [0.15, 0.2) is 30.3 Å². The van der Waals surface area contributed by atoms with Crippen molar-refractivity contribution in [3.8, 4) is 0 Å². The van der Waals surface area contributed by atoms with Crippen LogP contribution in [0.4, 0.5) is 10.1 Å². The molecule has 4 rings (SSSR count). The molecule has 4 aromatic rings. The maximum atomic E-state index is 14.0. The number of halogens is 1. The van der Waals surface area contributed by atoms with Crippen molar-refractivity contribution in [3.05, 3.63) is 70.1 Å². The van der Waals surface area contributed by atoms with Crippen molar-refractivity contribution in [3.63, 3.8) is 0 Å². The zero-order chi connectivity index (χ0) is 21.6. The van der Waals surface area contributed by atoms with Crippen LogP contribution in [0.1, 0.15) is 38.7 Å². The predicted octanol–water partition coefficient (Wildman–Crippen LogP) is 3.84. The summed E-state index contributed by atoms with van der Waals surface area (Å²) in [6.45, 7) is 7.68. The van der Waals surface area contributed by atoms with E-state index in [1.54, 1.807) is 33.6 Å². The van der Waals surface area contributed by atoms with Gasteiger partial charge in [0.15, 0.2) is 5.65 Å². The van der Waals surface area contributed by atoms with Crippen LogP contribution in [0.3, 0.4) is 0 Å². The Labute approximate surface area is 173 Å². The Bertz CT molecular complexity index is 1290. The Morgan fingerprint density at radius 3 is 2.57 bits per heavy atom. The summed E-state index contributed by atoms with van der Waals surface area (Å²) in [7, 11) is 1.81. The molecule has 3 heterocycles. The molecule has 0 fully saturated rings. The van der Waals surface area contributed by atoms with Crippen molar-refractivity contribution in [2.75, 3.05) is 5.32 Å². The second-order valence-corrected chi connectivity index (χ2v) is 7.47. The van der Waals surface area contributed by atoms with E-state index in [0.717, 1.165) is 22.5 Å². The number of hydrogen-bond acceptors (Lipinski definition) is 4. The van der Waals surface area contributed by atoms with Crippen LogP contribution >= 0.6 is 0 Å². The lowest BCUT2D eigenvalue weighted by Crippen LogP contribution is -2.15. The number of nitrogens with one attached hydrogen (secondary N) is 1. The number of aryl methyl sites for hydroxylation is 4. The van der Waals surface area contributed by atoms with E-state index in [4.69, 9.17) is 0 Å². The standard InChI is InChI=1S/C22H23FN6O/c1-12-10-17(19-13(2)26-28(5)21(19)24-12)22(30)25-20-14(3)27-29(15(20)4)11-16-8-6-7-9-18(16)23/h6-10H,11H2,1-5H3,(H,25,30). The molecule has 1 aromatic carbocycles. The number of aromatic nitrogens is 5. The van der Waals surface area contributed by atoms with Gasteiger partial charge in [-0.25, -0.2) is 9.37 Å². The fraction of sp³-hybridized carbons (Fsp3) is 0.273. The van der Waals surface area contributed by atoms with Gasteiger partial charge in [0, 0.05) is 18.3 Å². The summed E-state index contributed by atoms with van der Waals surface area (Å²) < 4.78 is 17.4. The summed E-state index contributed by atoms with van der Waals surface area (Å²) in [5.74, 6) is -0.532. The number of amides is 1. The van der Waals surface area contributed by atoms with E-state index < -0.39 is 0 Å². The number of carbonyl (C=O) groups excluding carboxylic acids is 1. The smallest absolute Gasteiger partial charge is 0.256 e. The quantitative estimate of drug-likeness (QED) is 0.559. The van der Waals surface area contributed by atoms with E-state index in [1.807, 2.05) is 34.7 Å². The molecule has 0 aliphatic carbocycles. The molecule has 7 nitrogen and oxygen atoms in total. The molecular weight excluding hydrogens is 383 g/mol. The van der Waals surface area contributed by atoms with Crippen LogP contribution in [0, 0.1) is 33.5 Å². The summed E-state index contributed by atoms with van der Waals surface area (Å²) in [5, 5.41) is 12.6. The molecule has 154 valence electrons. The third kappa shape index (κ3) is 3.34. The van der Waals surface area contributed by atoms with Gasteiger partial charge in [0.2, 0.25) is 0 Å². The van der Waals surface area contributed by atoms with Crippen molar-refractivity contribution in [1.82, 2.24) is 24.5 Å². The van der Waals surface area contributed by atoms with Gasteiger partial charge < -0.3 is 5.32 Å². The molecule has 0 unspecified atom stereocenters. The number of anilines is 1. The third-order valence-electron chi connectivity index (χ3n) is 5.24. The fourth-order valence-corrected chi connectivity index (χ4v) is 3.75. The molecule has 1 N–H and O–H groups in total. The minimum atomic E-state index is -0.280. The molecule has 0 aliphatic rings. The zero-order valence-electron chi connectivity index (χ0n) is 17.6. The highest BCUT2D eigenvalue weighted by atomic mass is 19.1. The summed E-state index contributed by atoms with van der Waals surface area (Å²) in [6, 6.07) is 8.37. The Kier molecular flexibility index (Phi) is 4.85. The van der Waals surface area contributed by atoms with Gasteiger partial charge in [0.05, 0.1) is 40.3 Å². The van der Waals surface area contributed by atoms with Gasteiger partial charge in [0.25, 0.3) is 5.91 Å². The summed E-state index contributed by atoms with van der Waals surface area (Å²) in [6.07, 6.45) is 0. The number of hydrogen-bond donors (Lipinski definition) is 1. The highest BCUT2D eigenvalue weighted by Gasteiger charge is 2.21. The second kappa shape index (κ2) is 7.37. The van der Waals surface area contributed by atoms with E-state index >= 15 is 0 Å². The lowest BCUT2D eigenvalue weighted by molar-refractivity contribution is 0.102.